The van der Waals surface area contributed by atoms with Crippen LogP contribution in [0.2, 0.25) is 0 Å². The molecule has 21 heavy (non-hydrogen) atoms. The Bertz CT molecular complexity index is 499. The molecular formula is C16H23BrN2O2. The molecule has 2 aliphatic rings. The first-order valence-electron chi connectivity index (χ1n) is 7.72. The number of aromatic hydroxyl groups is 1. The normalized spacial score (nSPS) is 21.8. The van der Waals surface area contributed by atoms with Gasteiger partial charge in [0.15, 0.2) is 0 Å². The maximum Gasteiger partial charge on any atom is 0.134 e. The number of benzene rings is 1. The number of nitrogens with zero attached hydrogens (tertiary/aromatic N) is 1. The molecule has 1 aliphatic carbocycles. The van der Waals surface area contributed by atoms with Crippen LogP contribution in [0.3, 0.4) is 0 Å². The summed E-state index contributed by atoms with van der Waals surface area (Å²) in [7, 11) is 1.67. The summed E-state index contributed by atoms with van der Waals surface area (Å²) < 4.78 is 6.11. The second kappa shape index (κ2) is 6.55. The third kappa shape index (κ3) is 3.05. The van der Waals surface area contributed by atoms with Crippen molar-refractivity contribution in [2.75, 3.05) is 33.3 Å². The van der Waals surface area contributed by atoms with E-state index in [2.05, 4.69) is 26.1 Å². The standard InChI is InChI=1S/C16H23BrN2O2/c1-21-12-9-13(16(20)14(17)10-12)15(11-3-2-4-11)19-7-5-18-6-8-19/h9-11,15,18,20H,2-8H2,1H3/t15-/m0/s1. The van der Waals surface area contributed by atoms with Crippen LogP contribution in [0.5, 0.6) is 11.5 Å². The highest BCUT2D eigenvalue weighted by atomic mass is 79.9. The molecule has 0 aromatic heterocycles. The zero-order chi connectivity index (χ0) is 14.8. The molecule has 1 atom stereocenters. The van der Waals surface area contributed by atoms with Crippen LogP contribution in [-0.4, -0.2) is 43.3 Å². The monoisotopic (exact) mass is 354 g/mol. The van der Waals surface area contributed by atoms with E-state index in [0.29, 0.717) is 17.7 Å². The molecule has 4 nitrogen and oxygen atoms in total. The predicted molar refractivity (Wildman–Crippen MR) is 86.9 cm³/mol. The average Bonchev–Trinajstić information content (AvgIpc) is 2.46. The maximum atomic E-state index is 10.5. The van der Waals surface area contributed by atoms with Gasteiger partial charge in [0.2, 0.25) is 0 Å². The third-order valence-electron chi connectivity index (χ3n) is 4.76. The van der Waals surface area contributed by atoms with Gasteiger partial charge in [-0.3, -0.25) is 4.90 Å². The molecule has 1 aromatic carbocycles. The number of methoxy groups -OCH3 is 1. The Kier molecular flexibility index (Phi) is 4.72. The summed E-state index contributed by atoms with van der Waals surface area (Å²) in [6, 6.07) is 4.13. The summed E-state index contributed by atoms with van der Waals surface area (Å²) in [6.45, 7) is 4.12. The first-order valence-corrected chi connectivity index (χ1v) is 8.51. The van der Waals surface area contributed by atoms with Gasteiger partial charge >= 0.3 is 0 Å². The van der Waals surface area contributed by atoms with E-state index < -0.39 is 0 Å². The second-order valence-electron chi connectivity index (χ2n) is 5.97. The van der Waals surface area contributed by atoms with Gasteiger partial charge < -0.3 is 15.2 Å². The van der Waals surface area contributed by atoms with Crippen LogP contribution in [0.25, 0.3) is 0 Å². The maximum absolute atomic E-state index is 10.5. The highest BCUT2D eigenvalue weighted by molar-refractivity contribution is 9.10. The molecule has 1 aliphatic heterocycles. The zero-order valence-electron chi connectivity index (χ0n) is 12.4. The van der Waals surface area contributed by atoms with Crippen molar-refractivity contribution in [3.05, 3.63) is 22.2 Å². The van der Waals surface area contributed by atoms with Crippen molar-refractivity contribution in [1.82, 2.24) is 10.2 Å². The minimum Gasteiger partial charge on any atom is -0.506 e. The summed E-state index contributed by atoms with van der Waals surface area (Å²) in [5, 5.41) is 13.9. The summed E-state index contributed by atoms with van der Waals surface area (Å²) >= 11 is 3.46. The van der Waals surface area contributed by atoms with Crippen molar-refractivity contribution < 1.29 is 9.84 Å². The number of phenolic OH excluding ortho intramolecular Hbond substituents is 1. The van der Waals surface area contributed by atoms with Crippen molar-refractivity contribution in [2.24, 2.45) is 5.92 Å². The smallest absolute Gasteiger partial charge is 0.134 e. The number of phenols is 1. The number of hydrogen-bond acceptors (Lipinski definition) is 4. The number of hydrogen-bond donors (Lipinski definition) is 2. The van der Waals surface area contributed by atoms with E-state index in [1.165, 1.54) is 19.3 Å². The minimum atomic E-state index is 0.298. The molecule has 0 bridgehead atoms. The van der Waals surface area contributed by atoms with Gasteiger partial charge in [-0.15, -0.1) is 0 Å². The van der Waals surface area contributed by atoms with Gasteiger partial charge in [-0.05, 0) is 46.8 Å². The average molecular weight is 355 g/mol. The highest BCUT2D eigenvalue weighted by Gasteiger charge is 2.35. The van der Waals surface area contributed by atoms with Gasteiger partial charge in [-0.25, -0.2) is 0 Å². The quantitative estimate of drug-likeness (QED) is 0.872. The lowest BCUT2D eigenvalue weighted by Gasteiger charge is -2.43. The van der Waals surface area contributed by atoms with Gasteiger partial charge in [0.25, 0.3) is 0 Å². The van der Waals surface area contributed by atoms with Crippen LogP contribution >= 0.6 is 15.9 Å². The predicted octanol–water partition coefficient (Wildman–Crippen LogP) is 2.91. The lowest BCUT2D eigenvalue weighted by atomic mass is 9.76. The summed E-state index contributed by atoms with van der Waals surface area (Å²) in [5.41, 5.74) is 1.01. The molecule has 2 N–H and O–H groups in total. The summed E-state index contributed by atoms with van der Waals surface area (Å²) in [5.74, 6) is 1.81. The molecule has 3 rings (SSSR count). The number of rotatable bonds is 4. The molecule has 1 saturated carbocycles. The van der Waals surface area contributed by atoms with Gasteiger partial charge in [-0.1, -0.05) is 6.42 Å². The summed E-state index contributed by atoms with van der Waals surface area (Å²) in [4.78, 5) is 2.52. The number of halogens is 1. The van der Waals surface area contributed by atoms with Crippen LogP contribution < -0.4 is 10.1 Å². The van der Waals surface area contributed by atoms with E-state index >= 15 is 0 Å². The van der Waals surface area contributed by atoms with E-state index in [-0.39, 0.29) is 0 Å². The van der Waals surface area contributed by atoms with Crippen LogP contribution in [0.4, 0.5) is 0 Å². The van der Waals surface area contributed by atoms with Crippen LogP contribution in [0, 0.1) is 5.92 Å². The SMILES string of the molecule is COc1cc(Br)c(O)c([C@H](C2CCC2)N2CCNCC2)c1. The molecule has 5 heteroatoms. The van der Waals surface area contributed by atoms with Crippen molar-refractivity contribution in [3.8, 4) is 11.5 Å². The molecule has 0 spiro atoms. The molecule has 116 valence electrons. The Morgan fingerprint density at radius 2 is 2.05 bits per heavy atom. The third-order valence-corrected chi connectivity index (χ3v) is 5.37. The lowest BCUT2D eigenvalue weighted by molar-refractivity contribution is 0.0817. The molecule has 0 radical (unpaired) electrons. The Hall–Kier alpha value is -0.780. The first kappa shape index (κ1) is 15.1. The molecule has 1 aromatic rings. The number of piperazine rings is 1. The van der Waals surface area contributed by atoms with Crippen LogP contribution in [0.15, 0.2) is 16.6 Å². The molecule has 0 amide bonds. The van der Waals surface area contributed by atoms with Gasteiger partial charge in [0.05, 0.1) is 11.6 Å². The van der Waals surface area contributed by atoms with Crippen molar-refractivity contribution in [3.63, 3.8) is 0 Å². The Labute approximate surface area is 134 Å². The summed E-state index contributed by atoms with van der Waals surface area (Å²) in [6.07, 6.45) is 3.81. The van der Waals surface area contributed by atoms with E-state index in [1.807, 2.05) is 12.1 Å². The van der Waals surface area contributed by atoms with Gasteiger partial charge in [0.1, 0.15) is 11.5 Å². The number of nitrogens with one attached hydrogen (secondary N) is 1. The Morgan fingerprint density at radius 3 is 2.62 bits per heavy atom. The van der Waals surface area contributed by atoms with Crippen LogP contribution in [-0.2, 0) is 0 Å². The van der Waals surface area contributed by atoms with E-state index in [0.717, 1.165) is 42.0 Å². The van der Waals surface area contributed by atoms with Crippen molar-refractivity contribution >= 4 is 15.9 Å². The Balaban J connectivity index is 1.96. The molecule has 0 unspecified atom stereocenters. The zero-order valence-corrected chi connectivity index (χ0v) is 14.0. The molecular weight excluding hydrogens is 332 g/mol. The first-order chi connectivity index (χ1) is 10.2. The second-order valence-corrected chi connectivity index (χ2v) is 6.82. The van der Waals surface area contributed by atoms with Crippen molar-refractivity contribution in [1.29, 1.82) is 0 Å². The Morgan fingerprint density at radius 1 is 1.33 bits per heavy atom. The topological polar surface area (TPSA) is 44.7 Å². The van der Waals surface area contributed by atoms with Crippen molar-refractivity contribution in [2.45, 2.75) is 25.3 Å². The number of ether oxygens (including phenoxy) is 1. The van der Waals surface area contributed by atoms with Crippen LogP contribution in [0.1, 0.15) is 30.9 Å². The molecule has 1 saturated heterocycles. The van der Waals surface area contributed by atoms with E-state index in [4.69, 9.17) is 4.74 Å². The van der Waals surface area contributed by atoms with Gasteiger partial charge in [0, 0.05) is 37.8 Å². The fraction of sp³-hybridized carbons (Fsp3) is 0.625. The molecule has 1 heterocycles. The fourth-order valence-corrected chi connectivity index (χ4v) is 3.86. The fourth-order valence-electron chi connectivity index (χ4n) is 3.40. The van der Waals surface area contributed by atoms with E-state index in [9.17, 15) is 5.11 Å². The minimum absolute atomic E-state index is 0.298. The van der Waals surface area contributed by atoms with Gasteiger partial charge in [-0.2, -0.15) is 0 Å². The lowest BCUT2D eigenvalue weighted by Crippen LogP contribution is -2.47. The highest BCUT2D eigenvalue weighted by Crippen LogP contribution is 2.46. The van der Waals surface area contributed by atoms with E-state index in [1.54, 1.807) is 7.11 Å². The largest absolute Gasteiger partial charge is 0.506 e. The molecule has 2 fully saturated rings.